The lowest BCUT2D eigenvalue weighted by atomic mass is 9.79. The molecule has 0 spiro atoms. The fourth-order valence-corrected chi connectivity index (χ4v) is 5.67. The van der Waals surface area contributed by atoms with Crippen LogP contribution in [0, 0.1) is 5.92 Å². The van der Waals surface area contributed by atoms with Gasteiger partial charge in [0.2, 0.25) is 0 Å². The Bertz CT molecular complexity index is 877. The molecular formula is C31H35IO. The molecule has 1 fully saturated rings. The Hall–Kier alpha value is -2.07. The van der Waals surface area contributed by atoms with Crippen molar-refractivity contribution in [3.05, 3.63) is 120 Å². The van der Waals surface area contributed by atoms with Crippen LogP contribution in [-0.4, -0.2) is 4.43 Å². The third-order valence-electron chi connectivity index (χ3n) is 6.84. The van der Waals surface area contributed by atoms with Gasteiger partial charge in [-0.2, -0.15) is 0 Å². The van der Waals surface area contributed by atoms with Crippen molar-refractivity contribution in [1.29, 1.82) is 0 Å². The SMILES string of the molecule is ICC=C(CC1CCCCCCC1)OC(c1ccccc1)(c1ccccc1)c1ccccc1. The molecule has 0 radical (unpaired) electrons. The summed E-state index contributed by atoms with van der Waals surface area (Å²) in [7, 11) is 0. The van der Waals surface area contributed by atoms with Crippen molar-refractivity contribution < 1.29 is 4.74 Å². The summed E-state index contributed by atoms with van der Waals surface area (Å²) >= 11 is 2.45. The normalized spacial score (nSPS) is 16.1. The molecule has 0 bridgehead atoms. The number of allylic oxidation sites excluding steroid dienone is 2. The summed E-state index contributed by atoms with van der Waals surface area (Å²) in [6, 6.07) is 32.2. The fraction of sp³-hybridized carbons (Fsp3) is 0.355. The van der Waals surface area contributed by atoms with Crippen LogP contribution in [0.2, 0.25) is 0 Å². The minimum absolute atomic E-state index is 0.678. The summed E-state index contributed by atoms with van der Waals surface area (Å²) in [6.07, 6.45) is 12.8. The molecule has 0 N–H and O–H groups in total. The van der Waals surface area contributed by atoms with Gasteiger partial charge in [-0.3, -0.25) is 0 Å². The second-order valence-corrected chi connectivity index (χ2v) is 10.0. The Morgan fingerprint density at radius 1 is 0.697 bits per heavy atom. The van der Waals surface area contributed by atoms with Gasteiger partial charge in [-0.15, -0.1) is 0 Å². The van der Waals surface area contributed by atoms with Crippen LogP contribution in [0.5, 0.6) is 0 Å². The summed E-state index contributed by atoms with van der Waals surface area (Å²) in [6.45, 7) is 0. The first-order valence-corrected chi connectivity index (χ1v) is 14.0. The Labute approximate surface area is 213 Å². The monoisotopic (exact) mass is 550 g/mol. The number of hydrogen-bond acceptors (Lipinski definition) is 1. The number of alkyl halides is 1. The molecule has 0 saturated heterocycles. The van der Waals surface area contributed by atoms with Crippen LogP contribution >= 0.6 is 22.6 Å². The predicted molar refractivity (Wildman–Crippen MR) is 148 cm³/mol. The van der Waals surface area contributed by atoms with Crippen molar-refractivity contribution in [2.75, 3.05) is 4.43 Å². The van der Waals surface area contributed by atoms with Crippen molar-refractivity contribution in [3.8, 4) is 0 Å². The molecule has 0 atom stereocenters. The van der Waals surface area contributed by atoms with Gasteiger partial charge in [-0.1, -0.05) is 159 Å². The first-order chi connectivity index (χ1) is 16.3. The molecule has 1 nitrogen and oxygen atoms in total. The lowest BCUT2D eigenvalue weighted by Crippen LogP contribution is -2.33. The van der Waals surface area contributed by atoms with Crippen LogP contribution in [0.15, 0.2) is 103 Å². The smallest absolute Gasteiger partial charge is 0.184 e. The molecule has 2 heteroatoms. The van der Waals surface area contributed by atoms with Gasteiger partial charge in [0.05, 0.1) is 5.76 Å². The first-order valence-electron chi connectivity index (χ1n) is 12.4. The van der Waals surface area contributed by atoms with Crippen LogP contribution in [0.3, 0.4) is 0 Å². The van der Waals surface area contributed by atoms with E-state index in [9.17, 15) is 0 Å². The molecule has 33 heavy (non-hydrogen) atoms. The topological polar surface area (TPSA) is 9.23 Å². The number of ether oxygens (including phenoxy) is 1. The van der Waals surface area contributed by atoms with Gasteiger partial charge in [0.15, 0.2) is 5.60 Å². The Kier molecular flexibility index (Phi) is 9.05. The molecule has 1 aliphatic carbocycles. The average Bonchev–Trinajstić information content (AvgIpc) is 2.86. The summed E-state index contributed by atoms with van der Waals surface area (Å²) < 4.78 is 8.22. The van der Waals surface area contributed by atoms with E-state index in [0.29, 0.717) is 5.92 Å². The van der Waals surface area contributed by atoms with E-state index in [0.717, 1.165) is 16.6 Å². The van der Waals surface area contributed by atoms with Gasteiger partial charge in [0.25, 0.3) is 0 Å². The molecule has 3 aromatic carbocycles. The minimum atomic E-state index is -0.678. The highest BCUT2D eigenvalue weighted by molar-refractivity contribution is 14.1. The van der Waals surface area contributed by atoms with E-state index in [-0.39, 0.29) is 0 Å². The zero-order valence-corrected chi connectivity index (χ0v) is 21.6. The van der Waals surface area contributed by atoms with Crippen molar-refractivity contribution in [2.45, 2.75) is 57.0 Å². The van der Waals surface area contributed by atoms with E-state index in [2.05, 4.69) is 120 Å². The van der Waals surface area contributed by atoms with Crippen molar-refractivity contribution in [2.24, 2.45) is 5.92 Å². The number of hydrogen-bond donors (Lipinski definition) is 0. The molecular weight excluding hydrogens is 515 g/mol. The highest BCUT2D eigenvalue weighted by Gasteiger charge is 2.39. The number of halogens is 1. The maximum absolute atomic E-state index is 7.27. The van der Waals surface area contributed by atoms with Crippen LogP contribution in [-0.2, 0) is 10.3 Å². The maximum atomic E-state index is 7.27. The van der Waals surface area contributed by atoms with E-state index in [1.54, 1.807) is 0 Å². The lowest BCUT2D eigenvalue weighted by molar-refractivity contribution is 0.0591. The summed E-state index contributed by atoms with van der Waals surface area (Å²) in [5, 5.41) is 0. The molecule has 4 rings (SSSR count). The van der Waals surface area contributed by atoms with Crippen LogP contribution in [0.25, 0.3) is 0 Å². The summed E-state index contributed by atoms with van der Waals surface area (Å²) in [5.41, 5.74) is 2.82. The summed E-state index contributed by atoms with van der Waals surface area (Å²) in [4.78, 5) is 0. The molecule has 0 heterocycles. The van der Waals surface area contributed by atoms with Crippen molar-refractivity contribution >= 4 is 22.6 Å². The Balaban J connectivity index is 1.79. The third-order valence-corrected chi connectivity index (χ3v) is 7.28. The largest absolute Gasteiger partial charge is 0.478 e. The molecule has 0 aliphatic heterocycles. The second kappa shape index (κ2) is 12.4. The molecule has 0 unspecified atom stereocenters. The fourth-order valence-electron chi connectivity index (χ4n) is 5.17. The van der Waals surface area contributed by atoms with E-state index >= 15 is 0 Å². The van der Waals surface area contributed by atoms with E-state index in [1.165, 1.54) is 61.6 Å². The van der Waals surface area contributed by atoms with Crippen LogP contribution < -0.4 is 0 Å². The summed E-state index contributed by atoms with van der Waals surface area (Å²) in [5.74, 6) is 1.84. The van der Waals surface area contributed by atoms with Crippen molar-refractivity contribution in [3.63, 3.8) is 0 Å². The lowest BCUT2D eigenvalue weighted by Gasteiger charge is -2.38. The Morgan fingerprint density at radius 2 is 1.12 bits per heavy atom. The van der Waals surface area contributed by atoms with Crippen LogP contribution in [0.1, 0.15) is 68.1 Å². The van der Waals surface area contributed by atoms with E-state index in [1.807, 2.05) is 0 Å². The molecule has 0 aromatic heterocycles. The molecule has 1 aliphatic rings. The highest BCUT2D eigenvalue weighted by atomic mass is 127. The molecule has 3 aromatic rings. The number of benzene rings is 3. The predicted octanol–water partition coefficient (Wildman–Crippen LogP) is 9.06. The van der Waals surface area contributed by atoms with Gasteiger partial charge < -0.3 is 4.74 Å². The maximum Gasteiger partial charge on any atom is 0.184 e. The quantitative estimate of drug-likeness (QED) is 0.118. The van der Waals surface area contributed by atoms with Gasteiger partial charge >= 0.3 is 0 Å². The van der Waals surface area contributed by atoms with Crippen LogP contribution in [0.4, 0.5) is 0 Å². The zero-order chi connectivity index (χ0) is 22.8. The zero-order valence-electron chi connectivity index (χ0n) is 19.5. The van der Waals surface area contributed by atoms with Gasteiger partial charge in [-0.05, 0) is 12.0 Å². The highest BCUT2D eigenvalue weighted by Crippen LogP contribution is 2.43. The van der Waals surface area contributed by atoms with E-state index < -0.39 is 5.60 Å². The number of rotatable bonds is 8. The minimum Gasteiger partial charge on any atom is -0.478 e. The standard InChI is InChI=1S/C31H35IO/c32-24-23-30(25-26-15-7-2-1-3-8-16-26)33-31(27-17-9-4-10-18-27,28-19-11-5-12-20-28)29-21-13-6-14-22-29/h4-6,9-14,17-23,26H,1-3,7-8,15-16,24-25H2. The third kappa shape index (κ3) is 6.09. The van der Waals surface area contributed by atoms with Crippen molar-refractivity contribution in [1.82, 2.24) is 0 Å². The van der Waals surface area contributed by atoms with Gasteiger partial charge in [0.1, 0.15) is 0 Å². The molecule has 1 saturated carbocycles. The first kappa shape index (κ1) is 24.1. The second-order valence-electron chi connectivity index (χ2n) is 9.12. The Morgan fingerprint density at radius 3 is 1.55 bits per heavy atom. The van der Waals surface area contributed by atoms with Gasteiger partial charge in [0, 0.05) is 27.5 Å². The average molecular weight is 551 g/mol. The van der Waals surface area contributed by atoms with Gasteiger partial charge in [-0.25, -0.2) is 0 Å². The van der Waals surface area contributed by atoms with E-state index in [4.69, 9.17) is 4.74 Å². The molecule has 172 valence electrons. The molecule has 0 amide bonds.